The molecule has 2 aromatic heterocycles. The molecule has 2 N–H and O–H groups in total. The summed E-state index contributed by atoms with van der Waals surface area (Å²) in [6.45, 7) is 0. The summed E-state index contributed by atoms with van der Waals surface area (Å²) in [4.78, 5) is 9.13. The number of rotatable bonds is 1. The molecule has 0 amide bonds. The van der Waals surface area contributed by atoms with Gasteiger partial charge in [0, 0.05) is 22.8 Å². The molecule has 2 heterocycles. The average Bonchev–Trinajstić information content (AvgIpc) is 2.91. The smallest absolute Gasteiger partial charge is 0.126 e. The highest BCUT2D eigenvalue weighted by molar-refractivity contribution is 7.21. The Labute approximate surface area is 119 Å². The molecule has 0 bridgehead atoms. The molecule has 0 atom stereocenters. The monoisotopic (exact) mass is 277 g/mol. The molecule has 20 heavy (non-hydrogen) atoms. The number of thiazole rings is 1. The van der Waals surface area contributed by atoms with Crippen molar-refractivity contribution in [3.63, 3.8) is 0 Å². The summed E-state index contributed by atoms with van der Waals surface area (Å²) in [5.74, 6) is 0. The molecule has 0 radical (unpaired) electrons. The number of benzene rings is 2. The lowest BCUT2D eigenvalue weighted by Gasteiger charge is -2.02. The Bertz CT molecular complexity index is 894. The minimum atomic E-state index is 0.748. The second-order valence-corrected chi connectivity index (χ2v) is 5.66. The highest BCUT2D eigenvalue weighted by atomic mass is 32.1. The molecule has 0 fully saturated rings. The van der Waals surface area contributed by atoms with Gasteiger partial charge >= 0.3 is 0 Å². The summed E-state index contributed by atoms with van der Waals surface area (Å²) in [6, 6.07) is 16.0. The van der Waals surface area contributed by atoms with Crippen LogP contribution in [0.5, 0.6) is 0 Å². The number of aromatic nitrogens is 2. The molecule has 3 nitrogen and oxygen atoms in total. The number of hydrogen-bond acceptors (Lipinski definition) is 4. The molecule has 0 aliphatic carbocycles. The summed E-state index contributed by atoms with van der Waals surface area (Å²) < 4.78 is 1.18. The quantitative estimate of drug-likeness (QED) is 0.533. The first kappa shape index (κ1) is 11.4. The standard InChI is InChI=1S/C16H11N3S/c17-12-4-3-6-13-11(12)8-10(9-18-13)16-19-14-5-1-2-7-15(14)20-16/h1-9H,17H2. The van der Waals surface area contributed by atoms with Crippen molar-refractivity contribution < 1.29 is 0 Å². The van der Waals surface area contributed by atoms with Crippen LogP contribution in [0.4, 0.5) is 5.69 Å². The van der Waals surface area contributed by atoms with E-state index in [9.17, 15) is 0 Å². The zero-order valence-electron chi connectivity index (χ0n) is 10.6. The van der Waals surface area contributed by atoms with E-state index in [2.05, 4.69) is 22.1 Å². The number of nitrogens with zero attached hydrogens (tertiary/aromatic N) is 2. The Morgan fingerprint density at radius 3 is 2.70 bits per heavy atom. The second-order valence-electron chi connectivity index (χ2n) is 4.62. The first-order valence-electron chi connectivity index (χ1n) is 6.31. The van der Waals surface area contributed by atoms with Crippen molar-refractivity contribution in [2.24, 2.45) is 0 Å². The van der Waals surface area contributed by atoms with E-state index in [1.165, 1.54) is 4.70 Å². The van der Waals surface area contributed by atoms with Gasteiger partial charge in [-0.1, -0.05) is 18.2 Å². The molecule has 4 heteroatoms. The van der Waals surface area contributed by atoms with Crippen molar-refractivity contribution in [3.8, 4) is 10.6 Å². The molecule has 4 rings (SSSR count). The van der Waals surface area contributed by atoms with Crippen LogP contribution in [-0.2, 0) is 0 Å². The van der Waals surface area contributed by atoms with Gasteiger partial charge in [-0.15, -0.1) is 11.3 Å². The van der Waals surface area contributed by atoms with E-state index in [1.54, 1.807) is 11.3 Å². The van der Waals surface area contributed by atoms with E-state index < -0.39 is 0 Å². The van der Waals surface area contributed by atoms with Crippen molar-refractivity contribution in [3.05, 3.63) is 54.7 Å². The van der Waals surface area contributed by atoms with E-state index in [-0.39, 0.29) is 0 Å². The lowest BCUT2D eigenvalue weighted by Crippen LogP contribution is -1.89. The Balaban J connectivity index is 1.95. The third kappa shape index (κ3) is 1.73. The van der Waals surface area contributed by atoms with Gasteiger partial charge in [0.25, 0.3) is 0 Å². The van der Waals surface area contributed by atoms with E-state index in [4.69, 9.17) is 5.73 Å². The Morgan fingerprint density at radius 1 is 0.950 bits per heavy atom. The number of anilines is 1. The zero-order valence-corrected chi connectivity index (χ0v) is 11.4. The van der Waals surface area contributed by atoms with Crippen LogP contribution in [0, 0.1) is 0 Å². The summed E-state index contributed by atoms with van der Waals surface area (Å²) in [7, 11) is 0. The first-order valence-corrected chi connectivity index (χ1v) is 7.13. The van der Waals surface area contributed by atoms with Gasteiger partial charge in [0.15, 0.2) is 0 Å². The number of nitrogen functional groups attached to an aromatic ring is 1. The number of para-hydroxylation sites is 1. The largest absolute Gasteiger partial charge is 0.398 e. The Hall–Kier alpha value is -2.46. The predicted octanol–water partition coefficient (Wildman–Crippen LogP) is 4.09. The van der Waals surface area contributed by atoms with E-state index in [1.807, 2.05) is 42.6 Å². The molecular weight excluding hydrogens is 266 g/mol. The zero-order chi connectivity index (χ0) is 13.5. The fourth-order valence-corrected chi connectivity index (χ4v) is 3.23. The lowest BCUT2D eigenvalue weighted by atomic mass is 10.1. The Kier molecular flexibility index (Phi) is 2.44. The SMILES string of the molecule is Nc1cccc2ncc(-c3nc4ccccc4s3)cc12. The fourth-order valence-electron chi connectivity index (χ4n) is 2.28. The van der Waals surface area contributed by atoms with Gasteiger partial charge in [-0.05, 0) is 30.3 Å². The maximum atomic E-state index is 6.02. The van der Waals surface area contributed by atoms with Crippen molar-refractivity contribution in [1.29, 1.82) is 0 Å². The van der Waals surface area contributed by atoms with Crippen LogP contribution in [0.1, 0.15) is 0 Å². The summed E-state index contributed by atoms with van der Waals surface area (Å²) in [6.07, 6.45) is 1.86. The Morgan fingerprint density at radius 2 is 1.80 bits per heavy atom. The summed E-state index contributed by atoms with van der Waals surface area (Å²) in [5, 5.41) is 1.95. The van der Waals surface area contributed by atoms with Crippen LogP contribution in [0.2, 0.25) is 0 Å². The number of hydrogen-bond donors (Lipinski definition) is 1. The van der Waals surface area contributed by atoms with Crippen LogP contribution >= 0.6 is 11.3 Å². The maximum absolute atomic E-state index is 6.02. The third-order valence-corrected chi connectivity index (χ3v) is 4.39. The molecule has 4 aromatic rings. The number of nitrogens with two attached hydrogens (primary N) is 1. The highest BCUT2D eigenvalue weighted by Crippen LogP contribution is 2.31. The minimum Gasteiger partial charge on any atom is -0.398 e. The maximum Gasteiger partial charge on any atom is 0.126 e. The minimum absolute atomic E-state index is 0.748. The van der Waals surface area contributed by atoms with Crippen LogP contribution in [0.25, 0.3) is 31.7 Å². The molecule has 0 spiro atoms. The van der Waals surface area contributed by atoms with Crippen LogP contribution < -0.4 is 5.73 Å². The van der Waals surface area contributed by atoms with Gasteiger partial charge in [0.1, 0.15) is 5.01 Å². The summed E-state index contributed by atoms with van der Waals surface area (Å²) >= 11 is 1.67. The van der Waals surface area contributed by atoms with Crippen molar-refractivity contribution in [2.75, 3.05) is 5.73 Å². The predicted molar refractivity (Wildman–Crippen MR) is 84.8 cm³/mol. The number of pyridine rings is 1. The number of fused-ring (bicyclic) bond motifs is 2. The van der Waals surface area contributed by atoms with Gasteiger partial charge in [-0.3, -0.25) is 4.98 Å². The molecule has 0 saturated heterocycles. The third-order valence-electron chi connectivity index (χ3n) is 3.30. The van der Waals surface area contributed by atoms with Gasteiger partial charge in [-0.2, -0.15) is 0 Å². The molecular formula is C16H11N3S. The fraction of sp³-hybridized carbons (Fsp3) is 0. The molecule has 0 aliphatic heterocycles. The first-order chi connectivity index (χ1) is 9.81. The van der Waals surface area contributed by atoms with Crippen molar-refractivity contribution >= 4 is 38.1 Å². The highest BCUT2D eigenvalue weighted by Gasteiger charge is 2.08. The van der Waals surface area contributed by atoms with Gasteiger partial charge in [-0.25, -0.2) is 4.98 Å². The lowest BCUT2D eigenvalue weighted by molar-refractivity contribution is 1.39. The van der Waals surface area contributed by atoms with E-state index in [0.29, 0.717) is 0 Å². The molecule has 0 unspecified atom stereocenters. The van der Waals surface area contributed by atoms with Crippen molar-refractivity contribution in [2.45, 2.75) is 0 Å². The van der Waals surface area contributed by atoms with Gasteiger partial charge < -0.3 is 5.73 Å². The molecule has 0 saturated carbocycles. The topological polar surface area (TPSA) is 51.8 Å². The molecule has 2 aromatic carbocycles. The summed E-state index contributed by atoms with van der Waals surface area (Å²) in [5.41, 5.74) is 9.71. The van der Waals surface area contributed by atoms with Gasteiger partial charge in [0.05, 0.1) is 15.7 Å². The van der Waals surface area contributed by atoms with Crippen LogP contribution in [0.3, 0.4) is 0 Å². The van der Waals surface area contributed by atoms with Crippen LogP contribution in [-0.4, -0.2) is 9.97 Å². The molecule has 0 aliphatic rings. The van der Waals surface area contributed by atoms with Gasteiger partial charge in [0.2, 0.25) is 0 Å². The van der Waals surface area contributed by atoms with Crippen molar-refractivity contribution in [1.82, 2.24) is 9.97 Å². The second kappa shape index (κ2) is 4.28. The molecule has 96 valence electrons. The normalized spacial score (nSPS) is 11.2. The van der Waals surface area contributed by atoms with Crippen LogP contribution in [0.15, 0.2) is 54.7 Å². The average molecular weight is 277 g/mol. The van der Waals surface area contributed by atoms with E-state index in [0.717, 1.165) is 32.7 Å². The van der Waals surface area contributed by atoms with E-state index >= 15 is 0 Å².